The van der Waals surface area contributed by atoms with Crippen molar-refractivity contribution in [3.8, 4) is 0 Å². The molecule has 20 heavy (non-hydrogen) atoms. The number of nitrogen functional groups attached to an aromatic ring is 1. The number of fused-ring (bicyclic) bond motifs is 1. The molecule has 0 amide bonds. The van der Waals surface area contributed by atoms with Crippen LogP contribution < -0.4 is 16.8 Å². The summed E-state index contributed by atoms with van der Waals surface area (Å²) < 4.78 is 0. The van der Waals surface area contributed by atoms with Gasteiger partial charge in [-0.1, -0.05) is 0 Å². The van der Waals surface area contributed by atoms with Gasteiger partial charge < -0.3 is 22.2 Å². The van der Waals surface area contributed by atoms with Crippen molar-refractivity contribution in [3.05, 3.63) is 23.5 Å². The van der Waals surface area contributed by atoms with Gasteiger partial charge in [0, 0.05) is 30.9 Å². The van der Waals surface area contributed by atoms with E-state index in [0.29, 0.717) is 5.82 Å². The minimum Gasteiger partial charge on any atom is -0.401 e. The third-order valence-corrected chi connectivity index (χ3v) is 5.04. The molecule has 1 saturated carbocycles. The number of nitrogens with two attached hydrogens (primary N) is 2. The summed E-state index contributed by atoms with van der Waals surface area (Å²) in [5.41, 5.74) is 14.7. The summed E-state index contributed by atoms with van der Waals surface area (Å²) in [5, 5.41) is 10.8. The lowest BCUT2D eigenvalue weighted by atomic mass is 10.1. The maximum Gasteiger partial charge on any atom is 0.125 e. The largest absolute Gasteiger partial charge is 0.401 e. The minimum absolute atomic E-state index is 0.155. The van der Waals surface area contributed by atoms with Crippen LogP contribution in [0, 0.1) is 11.3 Å². The van der Waals surface area contributed by atoms with E-state index in [1.807, 2.05) is 6.07 Å². The van der Waals surface area contributed by atoms with Gasteiger partial charge in [0.25, 0.3) is 0 Å². The van der Waals surface area contributed by atoms with Crippen LogP contribution in [0.15, 0.2) is 22.7 Å². The van der Waals surface area contributed by atoms with Gasteiger partial charge in [0.05, 0.1) is 21.5 Å². The molecule has 6 heteroatoms. The highest BCUT2D eigenvalue weighted by molar-refractivity contribution is 8.00. The van der Waals surface area contributed by atoms with E-state index in [1.165, 1.54) is 19.1 Å². The lowest BCUT2D eigenvalue weighted by molar-refractivity contribution is 0.879. The van der Waals surface area contributed by atoms with E-state index in [-0.39, 0.29) is 5.25 Å². The summed E-state index contributed by atoms with van der Waals surface area (Å²) in [6.07, 6.45) is 6.29. The van der Waals surface area contributed by atoms with Crippen molar-refractivity contribution in [3.63, 3.8) is 0 Å². The molecule has 3 rings (SSSR count). The molecule has 106 valence electrons. The van der Waals surface area contributed by atoms with E-state index < -0.39 is 0 Å². The molecule has 0 spiro atoms. The number of anilines is 2. The van der Waals surface area contributed by atoms with Gasteiger partial charge in [-0.25, -0.2) is 4.98 Å². The third-order valence-electron chi connectivity index (χ3n) is 3.63. The number of aromatic nitrogens is 1. The Hall–Kier alpha value is -1.69. The number of nitrogens with zero attached hydrogens (tertiary/aromatic N) is 1. The van der Waals surface area contributed by atoms with Crippen LogP contribution >= 0.6 is 11.8 Å². The second-order valence-corrected chi connectivity index (χ2v) is 6.55. The fourth-order valence-electron chi connectivity index (χ4n) is 2.33. The van der Waals surface area contributed by atoms with Gasteiger partial charge >= 0.3 is 0 Å². The molecule has 1 atom stereocenters. The van der Waals surface area contributed by atoms with E-state index in [0.717, 1.165) is 40.9 Å². The molecule has 6 N–H and O–H groups in total. The number of nitrogens with one attached hydrogen (secondary N) is 2. The lowest BCUT2D eigenvalue weighted by Gasteiger charge is -2.11. The van der Waals surface area contributed by atoms with Crippen LogP contribution in [-0.4, -0.2) is 23.0 Å². The molecular formula is C14H19N5S. The van der Waals surface area contributed by atoms with Crippen LogP contribution in [0.4, 0.5) is 11.5 Å². The zero-order valence-electron chi connectivity index (χ0n) is 11.2. The number of hydrogen-bond donors (Lipinski definition) is 4. The Morgan fingerprint density at radius 3 is 3.05 bits per heavy atom. The molecule has 1 aliphatic carbocycles. The van der Waals surface area contributed by atoms with Crippen molar-refractivity contribution in [2.24, 2.45) is 11.7 Å². The second kappa shape index (κ2) is 5.36. The zero-order chi connectivity index (χ0) is 14.1. The molecule has 0 aromatic carbocycles. The first-order valence-corrected chi connectivity index (χ1v) is 7.71. The summed E-state index contributed by atoms with van der Waals surface area (Å²) in [7, 11) is 0. The Morgan fingerprint density at radius 2 is 2.35 bits per heavy atom. The number of rotatable bonds is 5. The Labute approximate surface area is 122 Å². The molecule has 0 radical (unpaired) electrons. The SMILES string of the molecule is N=C/C=C(\N)C1Cc2nc(N)cc(NCC3CC3)c2S1. The first kappa shape index (κ1) is 13.3. The second-order valence-electron chi connectivity index (χ2n) is 5.34. The smallest absolute Gasteiger partial charge is 0.125 e. The van der Waals surface area contributed by atoms with E-state index in [9.17, 15) is 0 Å². The Bertz CT molecular complexity index is 565. The van der Waals surface area contributed by atoms with Gasteiger partial charge in [0.2, 0.25) is 0 Å². The standard InChI is InChI=1S/C14H19N5S/c15-4-3-9(16)12-5-11-14(20-12)10(6-13(17)19-11)18-7-8-1-2-8/h3-4,6,8,12,15H,1-2,5,7,16H2,(H3,17,18,19)/b9-3-,15-4?. The minimum atomic E-state index is 0.155. The maximum atomic E-state index is 7.12. The lowest BCUT2D eigenvalue weighted by Crippen LogP contribution is -2.13. The van der Waals surface area contributed by atoms with Crippen LogP contribution in [-0.2, 0) is 6.42 Å². The normalized spacial score (nSPS) is 21.6. The van der Waals surface area contributed by atoms with Crippen molar-refractivity contribution >= 4 is 29.5 Å². The van der Waals surface area contributed by atoms with E-state index in [4.69, 9.17) is 16.9 Å². The number of hydrogen-bond acceptors (Lipinski definition) is 6. The molecule has 5 nitrogen and oxygen atoms in total. The van der Waals surface area contributed by atoms with Gasteiger partial charge in [-0.3, -0.25) is 0 Å². The van der Waals surface area contributed by atoms with Gasteiger partial charge in [-0.05, 0) is 24.8 Å². The molecule has 0 saturated heterocycles. The molecule has 1 fully saturated rings. The summed E-state index contributed by atoms with van der Waals surface area (Å²) in [6.45, 7) is 1.01. The Balaban J connectivity index is 1.81. The third kappa shape index (κ3) is 2.75. The molecule has 2 aliphatic rings. The molecule has 2 heterocycles. The van der Waals surface area contributed by atoms with Crippen molar-refractivity contribution in [2.75, 3.05) is 17.6 Å². The van der Waals surface area contributed by atoms with E-state index in [2.05, 4.69) is 10.3 Å². The summed E-state index contributed by atoms with van der Waals surface area (Å²) in [6, 6.07) is 1.91. The fourth-order valence-corrected chi connectivity index (χ4v) is 3.60. The first-order chi connectivity index (χ1) is 9.67. The Kier molecular flexibility index (Phi) is 3.56. The van der Waals surface area contributed by atoms with Crippen molar-refractivity contribution in [2.45, 2.75) is 29.4 Å². The van der Waals surface area contributed by atoms with Crippen molar-refractivity contribution < 1.29 is 0 Å². The van der Waals surface area contributed by atoms with Crippen LogP contribution in [0.5, 0.6) is 0 Å². The van der Waals surface area contributed by atoms with Gasteiger partial charge in [0.1, 0.15) is 5.82 Å². The highest BCUT2D eigenvalue weighted by Crippen LogP contribution is 2.43. The van der Waals surface area contributed by atoms with Gasteiger partial charge in [-0.15, -0.1) is 11.8 Å². The quantitative estimate of drug-likeness (QED) is 0.621. The van der Waals surface area contributed by atoms with Crippen LogP contribution in [0.1, 0.15) is 18.5 Å². The predicted octanol–water partition coefficient (Wildman–Crippen LogP) is 1.99. The number of pyridine rings is 1. The monoisotopic (exact) mass is 289 g/mol. The number of allylic oxidation sites excluding steroid dienone is 1. The molecule has 0 bridgehead atoms. The molecule has 1 aromatic rings. The summed E-state index contributed by atoms with van der Waals surface area (Å²) in [5.74, 6) is 1.36. The summed E-state index contributed by atoms with van der Waals surface area (Å²) in [4.78, 5) is 5.59. The van der Waals surface area contributed by atoms with Gasteiger partial charge in [0.15, 0.2) is 0 Å². The predicted molar refractivity (Wildman–Crippen MR) is 84.3 cm³/mol. The molecular weight excluding hydrogens is 270 g/mol. The average Bonchev–Trinajstić information content (AvgIpc) is 3.14. The molecule has 1 unspecified atom stereocenters. The van der Waals surface area contributed by atoms with Crippen molar-refractivity contribution in [1.82, 2.24) is 4.98 Å². The van der Waals surface area contributed by atoms with Crippen molar-refractivity contribution in [1.29, 1.82) is 5.41 Å². The molecule has 1 aliphatic heterocycles. The zero-order valence-corrected chi connectivity index (χ0v) is 12.0. The van der Waals surface area contributed by atoms with Crippen LogP contribution in [0.25, 0.3) is 0 Å². The van der Waals surface area contributed by atoms with Crippen LogP contribution in [0.2, 0.25) is 0 Å². The van der Waals surface area contributed by atoms with E-state index >= 15 is 0 Å². The average molecular weight is 289 g/mol. The molecule has 1 aromatic heterocycles. The topological polar surface area (TPSA) is 101 Å². The first-order valence-electron chi connectivity index (χ1n) is 6.83. The summed E-state index contributed by atoms with van der Waals surface area (Å²) >= 11 is 1.71. The highest BCUT2D eigenvalue weighted by atomic mass is 32.2. The Morgan fingerprint density at radius 1 is 1.55 bits per heavy atom. The van der Waals surface area contributed by atoms with Gasteiger partial charge in [-0.2, -0.15) is 0 Å². The number of thioether (sulfide) groups is 1. The van der Waals surface area contributed by atoms with E-state index in [1.54, 1.807) is 17.8 Å². The fraction of sp³-hybridized carbons (Fsp3) is 0.429. The van der Waals surface area contributed by atoms with Crippen LogP contribution in [0.3, 0.4) is 0 Å². The highest BCUT2D eigenvalue weighted by Gasteiger charge is 2.29. The maximum absolute atomic E-state index is 7.12.